The summed E-state index contributed by atoms with van der Waals surface area (Å²) in [6, 6.07) is 18.0. The second kappa shape index (κ2) is 40.1. The normalized spacial score (nSPS) is 19.1. The predicted molar refractivity (Wildman–Crippen MR) is 407 cm³/mol. The molecule has 2 heterocycles. The molecule has 2 saturated heterocycles. The van der Waals surface area contributed by atoms with Gasteiger partial charge in [-0.1, -0.05) is 102 Å². The number of esters is 1. The fraction of sp³-hybridized carbons (Fsp3) is 0.560. The van der Waals surface area contributed by atoms with Crippen LogP contribution in [-0.4, -0.2) is 241 Å². The maximum Gasteiger partial charge on any atom is 0.320 e. The van der Waals surface area contributed by atoms with E-state index >= 15 is 0 Å². The third kappa shape index (κ3) is 30.3. The van der Waals surface area contributed by atoms with Gasteiger partial charge in [0.05, 0.1) is 23.2 Å². The number of benzene rings is 4. The summed E-state index contributed by atoms with van der Waals surface area (Å²) in [4.78, 5) is 153. The molecule has 6 rings (SSSR count). The number of carboxylic acid groups (broad SMARTS) is 1. The maximum atomic E-state index is 14.8. The molecule has 1 unspecified atom stereocenters. The third-order valence-corrected chi connectivity index (χ3v) is 18.3. The number of rotatable bonds is 26. The Balaban J connectivity index is 1.14. The van der Waals surface area contributed by atoms with Crippen molar-refractivity contribution in [3.63, 3.8) is 0 Å². The van der Waals surface area contributed by atoms with Crippen LogP contribution >= 0.6 is 22.6 Å². The summed E-state index contributed by atoms with van der Waals surface area (Å²) >= 11 is 1.94. The van der Waals surface area contributed by atoms with Crippen LogP contribution in [0.4, 0.5) is 0 Å². The molecular formula is C75H110IN15O13. The van der Waals surface area contributed by atoms with Gasteiger partial charge in [-0.2, -0.15) is 0 Å². The minimum atomic E-state index is -1.30. The van der Waals surface area contributed by atoms with Crippen molar-refractivity contribution < 1.29 is 62.9 Å². The Labute approximate surface area is 624 Å². The molecule has 13 N–H and O–H groups in total. The SMILES string of the molecule is CN1C(=O)[C@@H](Cc2ccc(O)c(I)c2)NC(=O)CNC(=O)[C@H](Cc2ccc3ccccc3c2)NC(=O)[C@H](CCCN=C(N)N)NC(=O)[C@H]1CCCNC(=O)c1ccc(CNC(=O)C(CCC(=O)O)NC(=O)CN2CCN(CC(=O)OC(C)(C)C)CCN(CC(C)(C)C)CCN(CC(C)(C)C)CC2)cc1. The molecule has 0 radical (unpaired) electrons. The molecule has 0 aromatic heterocycles. The number of fused-ring (bicyclic) bond motifs is 1. The summed E-state index contributed by atoms with van der Waals surface area (Å²) in [5, 5.41) is 41.4. The number of phenols is 1. The van der Waals surface area contributed by atoms with Crippen molar-refractivity contribution in [2.75, 3.05) is 105 Å². The molecule has 4 aromatic rings. The molecule has 2 aliphatic rings. The second-order valence-electron chi connectivity index (χ2n) is 30.4. The van der Waals surface area contributed by atoms with Gasteiger partial charge in [-0.3, -0.25) is 62.7 Å². The molecule has 8 amide bonds. The number of likely N-dealkylation sites (N-methyl/N-ethyl adjacent to an activating group) is 1. The predicted octanol–water partition coefficient (Wildman–Crippen LogP) is 3.23. The zero-order chi connectivity index (χ0) is 76.5. The number of guanidine groups is 1. The van der Waals surface area contributed by atoms with Gasteiger partial charge in [0, 0.05) is 117 Å². The monoisotopic (exact) mass is 1560 g/mol. The Bertz CT molecular complexity index is 3630. The number of nitrogens with zero attached hydrogens (tertiary/aromatic N) is 6. The quantitative estimate of drug-likeness (QED) is 0.0141. The molecule has 104 heavy (non-hydrogen) atoms. The van der Waals surface area contributed by atoms with Gasteiger partial charge in [0.25, 0.3) is 5.91 Å². The Morgan fingerprint density at radius 1 is 0.654 bits per heavy atom. The average molecular weight is 1560 g/mol. The minimum Gasteiger partial charge on any atom is -0.507 e. The largest absolute Gasteiger partial charge is 0.507 e. The standard InChI is InChI=1S/C75H110IN15O13/c1-73(2,3)47-90-35-33-88(31-32-89(46-65(97)104-75(7,8)9)34-36-91(38-37-90)48-74(4,5)6)45-63(94)83-57(26-28-64(95)96)67(99)81-43-49-19-24-53(25-20-49)66(98)79-29-14-18-60-70(102)85-56(17-13-30-80-72(77)78)69(101)86-58(41-50-21-23-52-15-11-12-16-54(52)39-50)68(100)82-44-62(93)84-59(71(103)87(60)10)42-51-22-27-61(92)55(76)40-51/h11-12,15-16,19-25,27,39-40,56-60,92H,13-14,17-18,26,28-38,41-48H2,1-10H3,(H,79,98)(H,81,99)(H,82,100)(H,83,94)(H,84,93)(H,85,102)(H,86,101)(H,95,96)(H4,77,78,80)/t56-,57?,58-,59+,60+/m0/s1. The van der Waals surface area contributed by atoms with E-state index in [-0.39, 0.29) is 112 Å². The Kier molecular flexibility index (Phi) is 32.6. The van der Waals surface area contributed by atoms with Gasteiger partial charge in [0.2, 0.25) is 41.4 Å². The molecule has 28 nitrogen and oxygen atoms in total. The van der Waals surface area contributed by atoms with Gasteiger partial charge >= 0.3 is 11.9 Å². The summed E-state index contributed by atoms with van der Waals surface area (Å²) in [6.45, 7) is 24.8. The Morgan fingerprint density at radius 3 is 1.82 bits per heavy atom. The number of carbonyl (C=O) groups is 10. The topological polar surface area (TPSA) is 385 Å². The molecule has 0 saturated carbocycles. The first kappa shape index (κ1) is 84.4. The van der Waals surface area contributed by atoms with Crippen molar-refractivity contribution in [2.24, 2.45) is 27.3 Å². The number of aliphatic imine (C=N–C) groups is 1. The zero-order valence-corrected chi connectivity index (χ0v) is 64.2. The number of ether oxygens (including phenoxy) is 1. The van der Waals surface area contributed by atoms with E-state index in [1.807, 2.05) is 90.7 Å². The van der Waals surface area contributed by atoms with Gasteiger partial charge in [0.1, 0.15) is 41.6 Å². The van der Waals surface area contributed by atoms with Crippen LogP contribution in [-0.2, 0) is 67.3 Å². The summed E-state index contributed by atoms with van der Waals surface area (Å²) in [7, 11) is 1.39. The highest BCUT2D eigenvalue weighted by Crippen LogP contribution is 2.24. The van der Waals surface area contributed by atoms with Crippen molar-refractivity contribution in [3.8, 4) is 5.75 Å². The van der Waals surface area contributed by atoms with Crippen LogP contribution in [0.1, 0.15) is 128 Å². The Morgan fingerprint density at radius 2 is 1.22 bits per heavy atom. The number of carboxylic acids is 1. The van der Waals surface area contributed by atoms with Crippen LogP contribution in [0.25, 0.3) is 10.8 Å². The number of halogens is 1. The summed E-state index contributed by atoms with van der Waals surface area (Å²) < 4.78 is 6.21. The molecule has 5 atom stereocenters. The second-order valence-corrected chi connectivity index (χ2v) is 31.6. The lowest BCUT2D eigenvalue weighted by Gasteiger charge is -2.37. The summed E-state index contributed by atoms with van der Waals surface area (Å²) in [6.07, 6.45) is -0.424. The van der Waals surface area contributed by atoms with E-state index in [1.165, 1.54) is 18.0 Å². The van der Waals surface area contributed by atoms with Gasteiger partial charge < -0.3 is 78.3 Å². The van der Waals surface area contributed by atoms with Crippen molar-refractivity contribution in [2.45, 2.75) is 156 Å². The van der Waals surface area contributed by atoms with E-state index < -0.39 is 102 Å². The van der Waals surface area contributed by atoms with E-state index in [0.717, 1.165) is 43.5 Å². The average Bonchev–Trinajstić information content (AvgIpc) is 1.29. The number of aromatic hydroxyl groups is 1. The molecule has 29 heteroatoms. The molecule has 0 spiro atoms. The van der Waals surface area contributed by atoms with Gasteiger partial charge in [-0.15, -0.1) is 0 Å². The summed E-state index contributed by atoms with van der Waals surface area (Å²) in [5.74, 6) is -6.87. The number of phenolic OH excluding ortho intramolecular Hbond substituents is 1. The molecule has 2 fully saturated rings. The van der Waals surface area contributed by atoms with Crippen LogP contribution in [0.15, 0.2) is 89.9 Å². The summed E-state index contributed by atoms with van der Waals surface area (Å²) in [5.41, 5.74) is 12.7. The first-order valence-corrected chi connectivity index (χ1v) is 36.8. The highest BCUT2D eigenvalue weighted by atomic mass is 127. The van der Waals surface area contributed by atoms with Crippen LogP contribution in [0.3, 0.4) is 0 Å². The van der Waals surface area contributed by atoms with Crippen LogP contribution in [0.2, 0.25) is 0 Å². The molecule has 0 aliphatic carbocycles. The van der Waals surface area contributed by atoms with Crippen molar-refractivity contribution in [3.05, 3.63) is 111 Å². The number of amides is 8. The highest BCUT2D eigenvalue weighted by molar-refractivity contribution is 14.1. The van der Waals surface area contributed by atoms with E-state index in [9.17, 15) is 58.2 Å². The lowest BCUT2D eigenvalue weighted by atomic mass is 9.95. The lowest BCUT2D eigenvalue weighted by molar-refractivity contribution is -0.156. The van der Waals surface area contributed by atoms with Gasteiger partial charge in [-0.25, -0.2) is 0 Å². The molecule has 4 aromatic carbocycles. The van der Waals surface area contributed by atoms with Crippen molar-refractivity contribution in [1.29, 1.82) is 0 Å². The zero-order valence-electron chi connectivity index (χ0n) is 62.0. The first-order chi connectivity index (χ1) is 49.0. The van der Waals surface area contributed by atoms with Gasteiger partial charge in [-0.05, 0) is 138 Å². The number of hydrogen-bond donors (Lipinski definition) is 11. The van der Waals surface area contributed by atoms with Crippen molar-refractivity contribution >= 4 is 98.5 Å². The molecule has 2 aliphatic heterocycles. The first-order valence-electron chi connectivity index (χ1n) is 35.7. The fourth-order valence-corrected chi connectivity index (χ4v) is 13.0. The lowest BCUT2D eigenvalue weighted by Crippen LogP contribution is -2.58. The minimum absolute atomic E-state index is 0.00105. The van der Waals surface area contributed by atoms with Crippen LogP contribution < -0.4 is 48.7 Å². The molecule has 570 valence electrons. The van der Waals surface area contributed by atoms with Gasteiger partial charge in [0.15, 0.2) is 5.96 Å². The fourth-order valence-electron chi connectivity index (χ4n) is 12.4. The number of nitrogens with one attached hydrogen (secondary N) is 7. The van der Waals surface area contributed by atoms with Crippen molar-refractivity contribution in [1.82, 2.24) is 61.7 Å². The number of aliphatic carboxylic acids is 1. The molecule has 0 bridgehead atoms. The smallest absolute Gasteiger partial charge is 0.320 e. The van der Waals surface area contributed by atoms with E-state index in [1.54, 1.807) is 36.4 Å². The number of nitrogens with two attached hydrogens (primary N) is 2. The maximum absolute atomic E-state index is 14.8. The van der Waals surface area contributed by atoms with E-state index in [2.05, 4.69) is 98.5 Å². The third-order valence-electron chi connectivity index (χ3n) is 17.5. The van der Waals surface area contributed by atoms with E-state index in [4.69, 9.17) is 16.2 Å². The van der Waals surface area contributed by atoms with E-state index in [0.29, 0.717) is 53.0 Å². The molecular weight excluding hydrogens is 1450 g/mol. The Hall–Kier alpha value is -8.52. The van der Waals surface area contributed by atoms with Crippen LogP contribution in [0, 0.1) is 14.4 Å². The highest BCUT2D eigenvalue weighted by Gasteiger charge is 2.37. The number of hydrogen-bond acceptors (Lipinski definition) is 17. The number of carbonyl (C=O) groups excluding carboxylic acids is 9. The van der Waals surface area contributed by atoms with Crippen LogP contribution in [0.5, 0.6) is 5.75 Å².